The number of carboxylic acids is 1. The average molecular weight is 144 g/mol. The maximum Gasteiger partial charge on any atom is 0.327 e. The Hall–Kier alpha value is -0.950. The van der Waals surface area contributed by atoms with Crippen LogP contribution in [0.3, 0.4) is 0 Å². The van der Waals surface area contributed by atoms with Gasteiger partial charge in [0.05, 0.1) is 0 Å². The molecule has 0 fully saturated rings. The third-order valence-electron chi connectivity index (χ3n) is 0.175. The van der Waals surface area contributed by atoms with E-state index in [9.17, 15) is 4.79 Å². The molecule has 0 spiro atoms. The number of hydrogen-bond donors (Lipinski definition) is 1. The van der Waals surface area contributed by atoms with Crippen molar-refractivity contribution in [2.24, 2.45) is 0 Å². The van der Waals surface area contributed by atoms with Crippen molar-refractivity contribution in [2.45, 2.75) is 0 Å². The Morgan fingerprint density at radius 1 is 1.22 bits per heavy atom. The lowest BCUT2D eigenvalue weighted by Gasteiger charge is -1.64. The summed E-state index contributed by atoms with van der Waals surface area (Å²) in [4.78, 5) is 9.25. The number of carbonyl (C=O) groups is 1. The summed E-state index contributed by atoms with van der Waals surface area (Å²) in [6.07, 6.45) is 0.833. The van der Waals surface area contributed by atoms with Gasteiger partial charge in [0, 0.05) is 6.08 Å². The van der Waals surface area contributed by atoms with Crippen LogP contribution in [0.1, 0.15) is 0 Å². The Morgan fingerprint density at radius 3 is 1.33 bits per heavy atom. The van der Waals surface area contributed by atoms with Crippen molar-refractivity contribution in [3.05, 3.63) is 12.7 Å². The lowest BCUT2D eigenvalue weighted by Crippen LogP contribution is -1.82. The Labute approximate surface area is 51.7 Å². The average Bonchev–Trinajstić information content (AvgIpc) is 1.38. The number of carboxylic acid groups (broad SMARTS) is 1. The van der Waals surface area contributed by atoms with Gasteiger partial charge in [-0.25, -0.2) is 4.79 Å². The molecule has 9 N–H and O–H groups in total. The molecule has 0 bridgehead atoms. The lowest BCUT2D eigenvalue weighted by atomic mass is 10.7. The van der Waals surface area contributed by atoms with Gasteiger partial charge in [0.1, 0.15) is 0 Å². The van der Waals surface area contributed by atoms with E-state index >= 15 is 0 Å². The number of aliphatic carboxylic acids is 1. The van der Waals surface area contributed by atoms with Crippen LogP contribution in [-0.4, -0.2) is 33.0 Å². The van der Waals surface area contributed by atoms with Crippen molar-refractivity contribution in [3.8, 4) is 0 Å². The Balaban J connectivity index is -0.0000000133. The van der Waals surface area contributed by atoms with Gasteiger partial charge < -0.3 is 27.0 Å². The van der Waals surface area contributed by atoms with Crippen molar-refractivity contribution in [2.75, 3.05) is 0 Å². The number of hydrogen-bond acceptors (Lipinski definition) is 1. The number of rotatable bonds is 1. The monoisotopic (exact) mass is 144 g/mol. The van der Waals surface area contributed by atoms with Crippen LogP contribution in [0.2, 0.25) is 0 Å². The topological polar surface area (TPSA) is 163 Å². The maximum atomic E-state index is 9.25. The first kappa shape index (κ1) is 43.0. The molecular weight excluding hydrogens is 132 g/mol. The van der Waals surface area contributed by atoms with Gasteiger partial charge in [-0.05, 0) is 0 Å². The Bertz CT molecular complexity index is 59.3. The normalized spacial score (nSPS) is 3.56. The highest BCUT2D eigenvalue weighted by Gasteiger charge is 1.73. The molecule has 6 nitrogen and oxygen atoms in total. The van der Waals surface area contributed by atoms with Crippen molar-refractivity contribution in [3.63, 3.8) is 0 Å². The highest BCUT2D eigenvalue weighted by molar-refractivity contribution is 5.78. The van der Waals surface area contributed by atoms with Crippen LogP contribution in [0, 0.1) is 0 Å². The van der Waals surface area contributed by atoms with E-state index in [1.165, 1.54) is 0 Å². The first-order valence-corrected chi connectivity index (χ1v) is 1.12. The molecule has 0 aromatic carbocycles. The van der Waals surface area contributed by atoms with Crippen LogP contribution in [0.15, 0.2) is 12.7 Å². The fraction of sp³-hybridized carbons (Fsp3) is 0. The van der Waals surface area contributed by atoms with Gasteiger partial charge in [0.2, 0.25) is 0 Å². The van der Waals surface area contributed by atoms with Crippen LogP contribution in [0.5, 0.6) is 0 Å². The zero-order chi connectivity index (χ0) is 4.28. The second-order valence-corrected chi connectivity index (χ2v) is 0.542. The molecule has 0 aromatic rings. The van der Waals surface area contributed by atoms with E-state index < -0.39 is 5.97 Å². The minimum atomic E-state index is -0.981. The molecule has 0 radical (unpaired) electrons. The van der Waals surface area contributed by atoms with E-state index in [4.69, 9.17) is 5.11 Å². The van der Waals surface area contributed by atoms with Gasteiger partial charge in [0.15, 0.2) is 0 Å². The molecule has 9 heavy (non-hydrogen) atoms. The van der Waals surface area contributed by atoms with Gasteiger partial charge in [-0.15, -0.1) is 0 Å². The highest BCUT2D eigenvalue weighted by Crippen LogP contribution is 1.54. The molecule has 60 valence electrons. The molecule has 0 amide bonds. The molecule has 0 aliphatic heterocycles. The predicted molar refractivity (Wildman–Crippen MR) is 32.3 cm³/mol. The maximum absolute atomic E-state index is 9.25. The van der Waals surface area contributed by atoms with Crippen LogP contribution in [-0.2, 0) is 4.79 Å². The molecule has 0 aliphatic rings. The minimum Gasteiger partial charge on any atom is -0.478 e. The standard InChI is InChI=1S/C3H4O2.4H2O/c1-2-3(4)5;;;;/h2H,1H2,(H,4,5);4*1H2. The smallest absolute Gasteiger partial charge is 0.327 e. The molecule has 0 rings (SSSR count). The summed E-state index contributed by atoms with van der Waals surface area (Å²) in [6.45, 7) is 2.96. The van der Waals surface area contributed by atoms with Crippen molar-refractivity contribution < 1.29 is 31.8 Å². The third-order valence-corrected chi connectivity index (χ3v) is 0.175. The third kappa shape index (κ3) is 163. The van der Waals surface area contributed by atoms with Crippen LogP contribution in [0.4, 0.5) is 0 Å². The molecule has 0 unspecified atom stereocenters. The van der Waals surface area contributed by atoms with E-state index in [-0.39, 0.29) is 21.9 Å². The summed E-state index contributed by atoms with van der Waals surface area (Å²) >= 11 is 0. The molecule has 0 aliphatic carbocycles. The molecule has 0 aromatic heterocycles. The van der Waals surface area contributed by atoms with E-state index in [0.29, 0.717) is 0 Å². The molecular formula is C3H12O6. The second kappa shape index (κ2) is 27.7. The highest BCUT2D eigenvalue weighted by atomic mass is 16.4. The van der Waals surface area contributed by atoms with Crippen molar-refractivity contribution >= 4 is 5.97 Å². The predicted octanol–water partition coefficient (Wildman–Crippen LogP) is -3.04. The molecule has 0 saturated heterocycles. The van der Waals surface area contributed by atoms with Crippen LogP contribution in [0.25, 0.3) is 0 Å². The summed E-state index contributed by atoms with van der Waals surface area (Å²) < 4.78 is 0. The molecule has 6 heteroatoms. The Morgan fingerprint density at radius 2 is 1.33 bits per heavy atom. The van der Waals surface area contributed by atoms with Gasteiger partial charge in [0.25, 0.3) is 0 Å². The van der Waals surface area contributed by atoms with Crippen molar-refractivity contribution in [1.29, 1.82) is 0 Å². The van der Waals surface area contributed by atoms with Gasteiger partial charge in [-0.1, -0.05) is 6.58 Å². The zero-order valence-corrected chi connectivity index (χ0v) is 4.64. The fourth-order valence-electron chi connectivity index (χ4n) is 0. The van der Waals surface area contributed by atoms with Gasteiger partial charge in [-0.3, -0.25) is 0 Å². The van der Waals surface area contributed by atoms with Gasteiger partial charge in [-0.2, -0.15) is 0 Å². The Kier molecular flexibility index (Phi) is 133. The molecule has 0 saturated carbocycles. The minimum absolute atomic E-state index is 0. The largest absolute Gasteiger partial charge is 0.478 e. The van der Waals surface area contributed by atoms with E-state index in [0.717, 1.165) is 6.08 Å². The summed E-state index contributed by atoms with van der Waals surface area (Å²) in [5, 5.41) is 7.60. The first-order chi connectivity index (χ1) is 2.27. The summed E-state index contributed by atoms with van der Waals surface area (Å²) in [5.41, 5.74) is 0. The lowest BCUT2D eigenvalue weighted by molar-refractivity contribution is -0.131. The summed E-state index contributed by atoms with van der Waals surface area (Å²) in [7, 11) is 0. The van der Waals surface area contributed by atoms with Crippen LogP contribution >= 0.6 is 0 Å². The molecule has 0 atom stereocenters. The van der Waals surface area contributed by atoms with E-state index in [1.54, 1.807) is 0 Å². The molecule has 0 heterocycles. The zero-order valence-electron chi connectivity index (χ0n) is 4.64. The SMILES string of the molecule is C=CC(=O)O.O.O.O.O. The summed E-state index contributed by atoms with van der Waals surface area (Å²) in [5.74, 6) is -0.981. The van der Waals surface area contributed by atoms with Crippen LogP contribution < -0.4 is 0 Å². The summed E-state index contributed by atoms with van der Waals surface area (Å²) in [6, 6.07) is 0. The first-order valence-electron chi connectivity index (χ1n) is 1.12. The van der Waals surface area contributed by atoms with E-state index in [2.05, 4.69) is 6.58 Å². The van der Waals surface area contributed by atoms with Gasteiger partial charge >= 0.3 is 5.97 Å². The van der Waals surface area contributed by atoms with Crippen molar-refractivity contribution in [1.82, 2.24) is 0 Å². The quantitative estimate of drug-likeness (QED) is 0.387. The fourth-order valence-corrected chi connectivity index (χ4v) is 0. The van der Waals surface area contributed by atoms with E-state index in [1.807, 2.05) is 0 Å². The second-order valence-electron chi connectivity index (χ2n) is 0.542.